The van der Waals surface area contributed by atoms with Crippen molar-refractivity contribution in [2.24, 2.45) is 0 Å². The highest BCUT2D eigenvalue weighted by molar-refractivity contribution is 5.98. The summed E-state index contributed by atoms with van der Waals surface area (Å²) in [4.78, 5) is 26.3. The smallest absolute Gasteiger partial charge is 0.258 e. The molecule has 148 valence electrons. The number of carbonyl (C=O) groups is 1. The van der Waals surface area contributed by atoms with Crippen LogP contribution in [0.1, 0.15) is 21.6 Å². The quantitative estimate of drug-likeness (QED) is 0.791. The predicted octanol–water partition coefficient (Wildman–Crippen LogP) is 1.53. The van der Waals surface area contributed by atoms with E-state index in [1.165, 1.54) is 0 Å². The second kappa shape index (κ2) is 8.02. The van der Waals surface area contributed by atoms with Gasteiger partial charge in [0.15, 0.2) is 11.5 Å². The summed E-state index contributed by atoms with van der Waals surface area (Å²) < 4.78 is 16.2. The van der Waals surface area contributed by atoms with Gasteiger partial charge in [-0.1, -0.05) is 6.07 Å². The Kier molecular flexibility index (Phi) is 5.29. The SMILES string of the molecule is COc1cccc(C(=O)N2CCc3cnc(N4CCOCC4)nc3C2)c1OC. The van der Waals surface area contributed by atoms with Gasteiger partial charge in [-0.2, -0.15) is 0 Å². The number of amides is 1. The second-order valence-corrected chi connectivity index (χ2v) is 6.76. The Hall–Kier alpha value is -2.87. The minimum absolute atomic E-state index is 0.0899. The Morgan fingerprint density at radius 3 is 2.71 bits per heavy atom. The predicted molar refractivity (Wildman–Crippen MR) is 103 cm³/mol. The maximum atomic E-state index is 13.2. The number of methoxy groups -OCH3 is 2. The minimum atomic E-state index is -0.0899. The number of benzene rings is 1. The Morgan fingerprint density at radius 1 is 1.14 bits per heavy atom. The molecule has 2 aromatic rings. The number of nitrogens with zero attached hydrogens (tertiary/aromatic N) is 4. The molecular weight excluding hydrogens is 360 g/mol. The highest BCUT2D eigenvalue weighted by Crippen LogP contribution is 2.32. The van der Waals surface area contributed by atoms with Crippen LogP contribution in [-0.4, -0.2) is 67.8 Å². The lowest BCUT2D eigenvalue weighted by Gasteiger charge is -2.31. The van der Waals surface area contributed by atoms with Crippen molar-refractivity contribution in [1.29, 1.82) is 0 Å². The number of para-hydroxylation sites is 1. The molecule has 1 aromatic heterocycles. The van der Waals surface area contributed by atoms with Crippen LogP contribution >= 0.6 is 0 Å². The zero-order chi connectivity index (χ0) is 19.5. The van der Waals surface area contributed by atoms with Gasteiger partial charge in [-0.05, 0) is 24.1 Å². The second-order valence-electron chi connectivity index (χ2n) is 6.76. The monoisotopic (exact) mass is 384 g/mol. The zero-order valence-electron chi connectivity index (χ0n) is 16.2. The number of fused-ring (bicyclic) bond motifs is 1. The van der Waals surface area contributed by atoms with Crippen molar-refractivity contribution in [3.63, 3.8) is 0 Å². The van der Waals surface area contributed by atoms with E-state index < -0.39 is 0 Å². The molecule has 0 N–H and O–H groups in total. The molecule has 0 unspecified atom stereocenters. The first-order chi connectivity index (χ1) is 13.7. The molecule has 0 aliphatic carbocycles. The fourth-order valence-electron chi connectivity index (χ4n) is 3.61. The molecule has 2 aliphatic heterocycles. The highest BCUT2D eigenvalue weighted by atomic mass is 16.5. The average Bonchev–Trinajstić information content (AvgIpc) is 2.77. The van der Waals surface area contributed by atoms with Crippen LogP contribution in [0.5, 0.6) is 11.5 Å². The summed E-state index contributed by atoms with van der Waals surface area (Å²) in [5.41, 5.74) is 2.49. The van der Waals surface area contributed by atoms with Crippen molar-refractivity contribution in [3.8, 4) is 11.5 Å². The van der Waals surface area contributed by atoms with Gasteiger partial charge in [-0.15, -0.1) is 0 Å². The van der Waals surface area contributed by atoms with Crippen LogP contribution in [0, 0.1) is 0 Å². The fraction of sp³-hybridized carbons (Fsp3) is 0.450. The van der Waals surface area contributed by atoms with Gasteiger partial charge in [-0.3, -0.25) is 4.79 Å². The maximum absolute atomic E-state index is 13.2. The van der Waals surface area contributed by atoms with Crippen molar-refractivity contribution >= 4 is 11.9 Å². The van der Waals surface area contributed by atoms with E-state index in [9.17, 15) is 4.79 Å². The lowest BCUT2D eigenvalue weighted by Crippen LogP contribution is -2.39. The summed E-state index contributed by atoms with van der Waals surface area (Å²) in [6, 6.07) is 5.34. The van der Waals surface area contributed by atoms with E-state index in [1.54, 1.807) is 37.3 Å². The lowest BCUT2D eigenvalue weighted by molar-refractivity contribution is 0.0727. The van der Waals surface area contributed by atoms with E-state index in [-0.39, 0.29) is 5.91 Å². The number of hydrogen-bond acceptors (Lipinski definition) is 7. The third kappa shape index (κ3) is 3.47. The summed E-state index contributed by atoms with van der Waals surface area (Å²) in [5, 5.41) is 0. The topological polar surface area (TPSA) is 77.0 Å². The van der Waals surface area contributed by atoms with Gasteiger partial charge < -0.3 is 24.0 Å². The number of hydrogen-bond donors (Lipinski definition) is 0. The first-order valence-corrected chi connectivity index (χ1v) is 9.39. The highest BCUT2D eigenvalue weighted by Gasteiger charge is 2.27. The lowest BCUT2D eigenvalue weighted by atomic mass is 10.0. The Morgan fingerprint density at radius 2 is 1.96 bits per heavy atom. The third-order valence-corrected chi connectivity index (χ3v) is 5.15. The van der Waals surface area contributed by atoms with E-state index >= 15 is 0 Å². The summed E-state index contributed by atoms with van der Waals surface area (Å²) in [6.45, 7) is 3.99. The Bertz CT molecular complexity index is 867. The van der Waals surface area contributed by atoms with Crippen LogP contribution in [0.15, 0.2) is 24.4 Å². The van der Waals surface area contributed by atoms with Crippen LogP contribution in [0.25, 0.3) is 0 Å². The Balaban J connectivity index is 1.57. The molecule has 8 nitrogen and oxygen atoms in total. The molecule has 28 heavy (non-hydrogen) atoms. The molecule has 0 saturated carbocycles. The molecular formula is C20H24N4O4. The molecule has 0 radical (unpaired) electrons. The van der Waals surface area contributed by atoms with Gasteiger partial charge in [-0.25, -0.2) is 9.97 Å². The van der Waals surface area contributed by atoms with E-state index in [1.807, 2.05) is 6.20 Å². The van der Waals surface area contributed by atoms with Crippen LogP contribution in [0.2, 0.25) is 0 Å². The number of carbonyl (C=O) groups excluding carboxylic acids is 1. The van der Waals surface area contributed by atoms with E-state index in [0.29, 0.717) is 49.3 Å². The van der Waals surface area contributed by atoms with Crippen molar-refractivity contribution in [2.75, 3.05) is 52.0 Å². The molecule has 0 bridgehead atoms. The number of ether oxygens (including phenoxy) is 3. The van der Waals surface area contributed by atoms with E-state index in [2.05, 4.69) is 9.88 Å². The van der Waals surface area contributed by atoms with Gasteiger partial charge in [0.1, 0.15) is 0 Å². The molecule has 8 heteroatoms. The number of aromatic nitrogens is 2. The molecule has 4 rings (SSSR count). The van der Waals surface area contributed by atoms with Crippen molar-refractivity contribution in [2.45, 2.75) is 13.0 Å². The van der Waals surface area contributed by atoms with Crippen LogP contribution in [0.4, 0.5) is 5.95 Å². The van der Waals surface area contributed by atoms with Gasteiger partial charge in [0.2, 0.25) is 5.95 Å². The van der Waals surface area contributed by atoms with Crippen molar-refractivity contribution < 1.29 is 19.0 Å². The van der Waals surface area contributed by atoms with Crippen molar-refractivity contribution in [3.05, 3.63) is 41.2 Å². The largest absolute Gasteiger partial charge is 0.493 e. The molecule has 1 saturated heterocycles. The molecule has 1 fully saturated rings. The maximum Gasteiger partial charge on any atom is 0.258 e. The summed E-state index contributed by atoms with van der Waals surface area (Å²) in [7, 11) is 3.11. The Labute approximate surface area is 164 Å². The first kappa shape index (κ1) is 18.5. The molecule has 1 amide bonds. The summed E-state index contributed by atoms with van der Waals surface area (Å²) in [5.74, 6) is 1.61. The zero-order valence-corrected chi connectivity index (χ0v) is 16.2. The van der Waals surface area contributed by atoms with Gasteiger partial charge in [0, 0.05) is 25.8 Å². The summed E-state index contributed by atoms with van der Waals surface area (Å²) in [6.07, 6.45) is 2.62. The molecule has 3 heterocycles. The average molecular weight is 384 g/mol. The van der Waals surface area contributed by atoms with Gasteiger partial charge in [0.05, 0.1) is 45.2 Å². The molecule has 0 spiro atoms. The minimum Gasteiger partial charge on any atom is -0.493 e. The van der Waals surface area contributed by atoms with Crippen LogP contribution in [-0.2, 0) is 17.7 Å². The number of anilines is 1. The fourth-order valence-corrected chi connectivity index (χ4v) is 3.61. The van der Waals surface area contributed by atoms with Gasteiger partial charge in [0.25, 0.3) is 5.91 Å². The van der Waals surface area contributed by atoms with E-state index in [4.69, 9.17) is 19.2 Å². The number of rotatable bonds is 4. The van der Waals surface area contributed by atoms with Crippen molar-refractivity contribution in [1.82, 2.24) is 14.9 Å². The normalized spacial score (nSPS) is 16.5. The molecule has 1 aromatic carbocycles. The third-order valence-electron chi connectivity index (χ3n) is 5.15. The first-order valence-electron chi connectivity index (χ1n) is 9.39. The van der Waals surface area contributed by atoms with Crippen LogP contribution in [0.3, 0.4) is 0 Å². The number of morpholine rings is 1. The van der Waals surface area contributed by atoms with Gasteiger partial charge >= 0.3 is 0 Å². The summed E-state index contributed by atoms with van der Waals surface area (Å²) >= 11 is 0. The van der Waals surface area contributed by atoms with E-state index in [0.717, 1.165) is 30.8 Å². The molecule has 0 atom stereocenters. The molecule has 2 aliphatic rings. The standard InChI is InChI=1S/C20H24N4O4/c1-26-17-5-3-4-15(18(17)27-2)19(25)24-7-6-14-12-21-20(22-16(14)13-24)23-8-10-28-11-9-23/h3-5,12H,6-11,13H2,1-2H3. The van der Waals surface area contributed by atoms with Crippen LogP contribution < -0.4 is 14.4 Å².